The highest BCUT2D eigenvalue weighted by Crippen LogP contribution is 2.17. The highest BCUT2D eigenvalue weighted by atomic mass is 16.5. The lowest BCUT2D eigenvalue weighted by Gasteiger charge is -2.16. The third-order valence-electron chi connectivity index (χ3n) is 3.67. The van der Waals surface area contributed by atoms with Gasteiger partial charge in [0.25, 0.3) is 11.3 Å². The summed E-state index contributed by atoms with van der Waals surface area (Å²) in [6, 6.07) is 13.4. The van der Waals surface area contributed by atoms with Gasteiger partial charge >= 0.3 is 5.69 Å². The number of hydrogen-bond donors (Lipinski definition) is 0. The van der Waals surface area contributed by atoms with Crippen LogP contribution >= 0.6 is 0 Å². The Morgan fingerprint density at radius 2 is 1.77 bits per heavy atom. The van der Waals surface area contributed by atoms with Crippen molar-refractivity contribution in [3.05, 3.63) is 81.2 Å². The Bertz CT molecular complexity index is 944. The molecule has 1 heterocycles. The molecule has 110 valence electrons. The van der Waals surface area contributed by atoms with Crippen LogP contribution in [0, 0.1) is 24.0 Å². The van der Waals surface area contributed by atoms with Crippen molar-refractivity contribution in [2.75, 3.05) is 0 Å². The minimum absolute atomic E-state index is 0.0974. The van der Waals surface area contributed by atoms with Crippen molar-refractivity contribution < 1.29 is 9.22 Å². The lowest BCUT2D eigenvalue weighted by Crippen LogP contribution is -2.30. The summed E-state index contributed by atoms with van der Waals surface area (Å²) in [7, 11) is 0. The molecular formula is C17H14N2O3. The zero-order valence-corrected chi connectivity index (χ0v) is 12.2. The number of aryl methyl sites for hydroxylation is 1. The fraction of sp³-hybridized carbons (Fsp3) is 0.118. The highest BCUT2D eigenvalue weighted by molar-refractivity contribution is 6.07. The molecule has 0 atom stereocenters. The smallest absolute Gasteiger partial charge is 0.329 e. The van der Waals surface area contributed by atoms with Crippen LogP contribution in [0.15, 0.2) is 48.5 Å². The van der Waals surface area contributed by atoms with Crippen molar-refractivity contribution >= 4 is 16.8 Å². The van der Waals surface area contributed by atoms with Gasteiger partial charge in [0.1, 0.15) is 5.52 Å². The van der Waals surface area contributed by atoms with Gasteiger partial charge in [-0.2, -0.15) is 0 Å². The Morgan fingerprint density at radius 1 is 1.09 bits per heavy atom. The van der Waals surface area contributed by atoms with E-state index < -0.39 is 5.78 Å². The van der Waals surface area contributed by atoms with Crippen LogP contribution in [0.2, 0.25) is 0 Å². The first-order chi connectivity index (χ1) is 10.5. The van der Waals surface area contributed by atoms with Gasteiger partial charge in [0.15, 0.2) is 0 Å². The fourth-order valence-electron chi connectivity index (χ4n) is 2.49. The molecule has 3 rings (SSSR count). The first kappa shape index (κ1) is 14.0. The molecule has 0 aliphatic rings. The summed E-state index contributed by atoms with van der Waals surface area (Å²) >= 11 is 0. The highest BCUT2D eigenvalue weighted by Gasteiger charge is 2.27. The van der Waals surface area contributed by atoms with E-state index in [1.54, 1.807) is 48.5 Å². The van der Waals surface area contributed by atoms with Crippen molar-refractivity contribution in [2.24, 2.45) is 0 Å². The van der Waals surface area contributed by atoms with Gasteiger partial charge in [0.2, 0.25) is 0 Å². The van der Waals surface area contributed by atoms with Gasteiger partial charge in [-0.1, -0.05) is 36.4 Å². The summed E-state index contributed by atoms with van der Waals surface area (Å²) in [5.41, 5.74) is 1.63. The largest absolute Gasteiger partial charge is 0.805 e. The first-order valence-electron chi connectivity index (χ1n) is 6.86. The van der Waals surface area contributed by atoms with E-state index in [0.29, 0.717) is 14.7 Å². The van der Waals surface area contributed by atoms with Crippen LogP contribution in [0.25, 0.3) is 11.0 Å². The van der Waals surface area contributed by atoms with Crippen LogP contribution in [-0.4, -0.2) is 10.5 Å². The predicted octanol–water partition coefficient (Wildman–Crippen LogP) is 2.75. The molecule has 0 radical (unpaired) electrons. The second-order valence-electron chi connectivity index (χ2n) is 5.21. The Kier molecular flexibility index (Phi) is 3.25. The average Bonchev–Trinajstić information content (AvgIpc) is 2.53. The number of carbonyl (C=O) groups is 1. The Morgan fingerprint density at radius 3 is 2.45 bits per heavy atom. The maximum absolute atomic E-state index is 12.6. The number of ketones is 1. The number of fused-ring (bicyclic) bond motifs is 1. The Labute approximate surface area is 126 Å². The Balaban J connectivity index is 2.35. The lowest BCUT2D eigenvalue weighted by atomic mass is 10.1. The van der Waals surface area contributed by atoms with Crippen molar-refractivity contribution in [1.29, 1.82) is 0 Å². The molecule has 0 saturated carbocycles. The zero-order valence-electron chi connectivity index (χ0n) is 12.2. The summed E-state index contributed by atoms with van der Waals surface area (Å²) < 4.78 is 1.20. The molecule has 0 N–H and O–H groups in total. The van der Waals surface area contributed by atoms with Gasteiger partial charge in [-0.15, -0.1) is 0 Å². The van der Waals surface area contributed by atoms with E-state index in [2.05, 4.69) is 0 Å². The van der Waals surface area contributed by atoms with Gasteiger partial charge in [0.05, 0.1) is 10.1 Å². The molecule has 0 amide bonds. The van der Waals surface area contributed by atoms with Crippen molar-refractivity contribution in [3.63, 3.8) is 0 Å². The maximum atomic E-state index is 12.6. The van der Waals surface area contributed by atoms with Crippen molar-refractivity contribution in [3.8, 4) is 0 Å². The second kappa shape index (κ2) is 5.11. The number of hydrogen-bond acceptors (Lipinski definition) is 3. The van der Waals surface area contributed by atoms with Gasteiger partial charge in [-0.05, 0) is 25.5 Å². The van der Waals surface area contributed by atoms with E-state index in [9.17, 15) is 14.9 Å². The molecule has 0 bridgehead atoms. The van der Waals surface area contributed by atoms with Gasteiger partial charge in [-0.25, -0.2) is 0 Å². The quantitative estimate of drug-likeness (QED) is 0.539. The standard InChI is InChI=1S/C17H14N2O3/c1-11-8-9-14-15(10-11)19(22)16(12(2)18(14)21)17(20)13-6-4-3-5-7-13/h3-10H,1-2H3. The van der Waals surface area contributed by atoms with E-state index in [0.717, 1.165) is 5.56 Å². The van der Waals surface area contributed by atoms with Crippen molar-refractivity contribution in [1.82, 2.24) is 4.73 Å². The normalized spacial score (nSPS) is 10.8. The second-order valence-corrected chi connectivity index (χ2v) is 5.21. The Hall–Kier alpha value is -2.95. The zero-order chi connectivity index (χ0) is 15.9. The van der Waals surface area contributed by atoms with E-state index >= 15 is 0 Å². The minimum atomic E-state index is -0.457. The first-order valence-corrected chi connectivity index (χ1v) is 6.86. The third-order valence-corrected chi connectivity index (χ3v) is 3.67. The lowest BCUT2D eigenvalue weighted by molar-refractivity contribution is -0.468. The monoisotopic (exact) mass is 294 g/mol. The van der Waals surface area contributed by atoms with Crippen molar-refractivity contribution in [2.45, 2.75) is 13.8 Å². The summed E-state index contributed by atoms with van der Waals surface area (Å²) in [5.74, 6) is -0.457. The molecule has 3 aromatic rings. The molecule has 0 unspecified atom stereocenters. The summed E-state index contributed by atoms with van der Waals surface area (Å²) in [5, 5.41) is 12.4. The molecule has 1 aromatic heterocycles. The van der Waals surface area contributed by atoms with E-state index in [4.69, 9.17) is 0 Å². The summed E-state index contributed by atoms with van der Waals surface area (Å²) in [4.78, 5) is 25.2. The van der Waals surface area contributed by atoms with Crippen LogP contribution in [-0.2, 0) is 0 Å². The van der Waals surface area contributed by atoms with Crippen LogP contribution < -0.4 is 4.43 Å². The van der Waals surface area contributed by atoms with E-state index in [-0.39, 0.29) is 22.4 Å². The summed E-state index contributed by atoms with van der Waals surface area (Å²) in [6.45, 7) is 3.31. The van der Waals surface area contributed by atoms with Gasteiger partial charge < -0.3 is 9.94 Å². The molecule has 2 aromatic carbocycles. The van der Waals surface area contributed by atoms with Gasteiger partial charge in [0, 0.05) is 16.5 Å². The van der Waals surface area contributed by atoms with E-state index in [1.165, 1.54) is 6.92 Å². The molecule has 0 fully saturated rings. The van der Waals surface area contributed by atoms with Crippen LogP contribution in [0.4, 0.5) is 0 Å². The summed E-state index contributed by atoms with van der Waals surface area (Å²) in [6.07, 6.45) is 0. The molecule has 5 nitrogen and oxygen atoms in total. The topological polar surface area (TPSA) is 68.0 Å². The van der Waals surface area contributed by atoms with Gasteiger partial charge in [-0.3, -0.25) is 4.79 Å². The number of carbonyl (C=O) groups excluding carboxylic acids is 1. The molecule has 0 spiro atoms. The van der Waals surface area contributed by atoms with Crippen LogP contribution in [0.5, 0.6) is 0 Å². The number of benzene rings is 2. The average molecular weight is 294 g/mol. The fourth-order valence-corrected chi connectivity index (χ4v) is 2.49. The van der Waals surface area contributed by atoms with Crippen LogP contribution in [0.3, 0.4) is 0 Å². The van der Waals surface area contributed by atoms with Crippen LogP contribution in [0.1, 0.15) is 27.3 Å². The SMILES string of the molecule is Cc1ccc2c(c1)[n+](=O)c(C(=O)c1ccccc1)c(C)n2[O-]. The molecule has 5 heteroatoms. The minimum Gasteiger partial charge on any atom is -0.805 e. The molecule has 0 saturated heterocycles. The van der Waals surface area contributed by atoms with E-state index in [1.807, 2.05) is 6.92 Å². The molecular weight excluding hydrogens is 280 g/mol. The molecule has 0 aliphatic heterocycles. The third kappa shape index (κ3) is 2.07. The predicted molar refractivity (Wildman–Crippen MR) is 83.4 cm³/mol. The number of rotatable bonds is 2. The number of nitrogens with zero attached hydrogens (tertiary/aromatic N) is 2. The molecule has 22 heavy (non-hydrogen) atoms. The number of aromatic nitrogens is 2. The maximum Gasteiger partial charge on any atom is 0.329 e. The molecule has 0 aliphatic carbocycles.